The summed E-state index contributed by atoms with van der Waals surface area (Å²) in [5.74, 6) is 0.0655. The second kappa shape index (κ2) is 9.42. The largest absolute Gasteiger partial charge is 0.393 e. The molecule has 0 radical (unpaired) electrons. The summed E-state index contributed by atoms with van der Waals surface area (Å²) in [5, 5.41) is 15.3. The number of carbonyl (C=O) groups excluding carboxylic acids is 1. The van der Waals surface area contributed by atoms with Gasteiger partial charge in [0.05, 0.1) is 12.1 Å². The van der Waals surface area contributed by atoms with Crippen LogP contribution in [0.25, 0.3) is 0 Å². The average molecular weight is 244 g/mol. The Labute approximate surface area is 105 Å². The number of aliphatic hydroxyl groups is 1. The molecule has 0 bridgehead atoms. The van der Waals surface area contributed by atoms with Crippen molar-refractivity contribution in [1.82, 2.24) is 10.6 Å². The Morgan fingerprint density at radius 1 is 1.24 bits per heavy atom. The minimum absolute atomic E-state index is 0.0655. The SMILES string of the molecule is CCC(CC)NC(=O)C(C)NCCCC(C)O. The smallest absolute Gasteiger partial charge is 0.237 e. The molecular formula is C13H28N2O2. The molecule has 0 saturated heterocycles. The fraction of sp³-hybridized carbons (Fsp3) is 0.923. The van der Waals surface area contributed by atoms with Gasteiger partial charge in [0.1, 0.15) is 0 Å². The van der Waals surface area contributed by atoms with E-state index in [9.17, 15) is 4.79 Å². The van der Waals surface area contributed by atoms with Gasteiger partial charge in [0, 0.05) is 6.04 Å². The maximum absolute atomic E-state index is 11.8. The van der Waals surface area contributed by atoms with E-state index in [1.807, 2.05) is 6.92 Å². The summed E-state index contributed by atoms with van der Waals surface area (Å²) in [6, 6.07) is 0.119. The molecular weight excluding hydrogens is 216 g/mol. The zero-order valence-corrected chi connectivity index (χ0v) is 11.6. The summed E-state index contributed by atoms with van der Waals surface area (Å²) in [5.41, 5.74) is 0. The highest BCUT2D eigenvalue weighted by Gasteiger charge is 2.14. The van der Waals surface area contributed by atoms with E-state index in [0.717, 1.165) is 32.2 Å². The van der Waals surface area contributed by atoms with Crippen molar-refractivity contribution in [3.8, 4) is 0 Å². The lowest BCUT2D eigenvalue weighted by molar-refractivity contribution is -0.123. The number of amides is 1. The van der Waals surface area contributed by atoms with E-state index in [1.165, 1.54) is 0 Å². The van der Waals surface area contributed by atoms with Gasteiger partial charge in [-0.05, 0) is 46.1 Å². The normalized spacial score (nSPS) is 14.7. The van der Waals surface area contributed by atoms with Gasteiger partial charge in [0.25, 0.3) is 0 Å². The zero-order valence-electron chi connectivity index (χ0n) is 11.6. The molecule has 0 rings (SSSR count). The van der Waals surface area contributed by atoms with Gasteiger partial charge >= 0.3 is 0 Å². The molecule has 102 valence electrons. The van der Waals surface area contributed by atoms with Crippen molar-refractivity contribution >= 4 is 5.91 Å². The van der Waals surface area contributed by atoms with Crippen molar-refractivity contribution in [2.24, 2.45) is 0 Å². The first kappa shape index (κ1) is 16.4. The molecule has 2 unspecified atom stereocenters. The molecule has 0 aromatic heterocycles. The lowest BCUT2D eigenvalue weighted by Crippen LogP contribution is -2.46. The van der Waals surface area contributed by atoms with E-state index < -0.39 is 0 Å². The summed E-state index contributed by atoms with van der Waals surface area (Å²) < 4.78 is 0. The van der Waals surface area contributed by atoms with E-state index >= 15 is 0 Å². The third kappa shape index (κ3) is 8.16. The predicted molar refractivity (Wildman–Crippen MR) is 70.9 cm³/mol. The van der Waals surface area contributed by atoms with Crippen LogP contribution in [0, 0.1) is 0 Å². The van der Waals surface area contributed by atoms with Gasteiger partial charge < -0.3 is 15.7 Å². The minimum Gasteiger partial charge on any atom is -0.393 e. The average Bonchev–Trinajstić information content (AvgIpc) is 2.30. The van der Waals surface area contributed by atoms with Crippen LogP contribution >= 0.6 is 0 Å². The van der Waals surface area contributed by atoms with E-state index in [1.54, 1.807) is 6.92 Å². The van der Waals surface area contributed by atoms with Crippen LogP contribution in [0.5, 0.6) is 0 Å². The van der Waals surface area contributed by atoms with E-state index in [0.29, 0.717) is 0 Å². The highest BCUT2D eigenvalue weighted by molar-refractivity contribution is 5.81. The molecule has 1 amide bonds. The van der Waals surface area contributed by atoms with Gasteiger partial charge in [-0.25, -0.2) is 0 Å². The van der Waals surface area contributed by atoms with Crippen LogP contribution in [0.4, 0.5) is 0 Å². The molecule has 4 heteroatoms. The minimum atomic E-state index is -0.259. The Hall–Kier alpha value is -0.610. The molecule has 0 aliphatic rings. The summed E-state index contributed by atoms with van der Waals surface area (Å²) in [6.45, 7) is 8.58. The van der Waals surface area contributed by atoms with Gasteiger partial charge in [0.15, 0.2) is 0 Å². The molecule has 0 saturated carbocycles. The lowest BCUT2D eigenvalue weighted by Gasteiger charge is -2.19. The van der Waals surface area contributed by atoms with Crippen molar-refractivity contribution in [3.63, 3.8) is 0 Å². The first-order valence-electron chi connectivity index (χ1n) is 6.73. The zero-order chi connectivity index (χ0) is 13.3. The van der Waals surface area contributed by atoms with Gasteiger partial charge in [0.2, 0.25) is 5.91 Å². The summed E-state index contributed by atoms with van der Waals surface area (Å²) in [4.78, 5) is 11.8. The lowest BCUT2D eigenvalue weighted by atomic mass is 10.1. The highest BCUT2D eigenvalue weighted by Crippen LogP contribution is 1.98. The molecule has 2 atom stereocenters. The Morgan fingerprint density at radius 2 is 1.82 bits per heavy atom. The maximum atomic E-state index is 11.8. The van der Waals surface area contributed by atoms with Crippen molar-refractivity contribution in [2.75, 3.05) is 6.54 Å². The third-order valence-electron chi connectivity index (χ3n) is 2.97. The number of hydrogen-bond acceptors (Lipinski definition) is 3. The van der Waals surface area contributed by atoms with Crippen LogP contribution in [0.2, 0.25) is 0 Å². The Morgan fingerprint density at radius 3 is 2.29 bits per heavy atom. The van der Waals surface area contributed by atoms with Gasteiger partial charge in [-0.3, -0.25) is 4.79 Å². The monoisotopic (exact) mass is 244 g/mol. The van der Waals surface area contributed by atoms with Crippen molar-refractivity contribution in [2.45, 2.75) is 71.6 Å². The number of aliphatic hydroxyl groups excluding tert-OH is 1. The fourth-order valence-corrected chi connectivity index (χ4v) is 1.63. The topological polar surface area (TPSA) is 61.4 Å². The van der Waals surface area contributed by atoms with Crippen molar-refractivity contribution in [3.05, 3.63) is 0 Å². The van der Waals surface area contributed by atoms with Gasteiger partial charge in [-0.2, -0.15) is 0 Å². The molecule has 0 aromatic rings. The van der Waals surface area contributed by atoms with Gasteiger partial charge in [-0.15, -0.1) is 0 Å². The third-order valence-corrected chi connectivity index (χ3v) is 2.97. The van der Waals surface area contributed by atoms with E-state index in [4.69, 9.17) is 5.11 Å². The first-order chi connectivity index (χ1) is 8.01. The Balaban J connectivity index is 3.74. The maximum Gasteiger partial charge on any atom is 0.237 e. The highest BCUT2D eigenvalue weighted by atomic mass is 16.3. The van der Waals surface area contributed by atoms with Crippen molar-refractivity contribution in [1.29, 1.82) is 0 Å². The van der Waals surface area contributed by atoms with Crippen LogP contribution in [-0.4, -0.2) is 35.7 Å². The molecule has 0 aromatic carbocycles. The predicted octanol–water partition coefficient (Wildman–Crippen LogP) is 1.43. The molecule has 17 heavy (non-hydrogen) atoms. The van der Waals surface area contributed by atoms with Crippen LogP contribution in [0.15, 0.2) is 0 Å². The van der Waals surface area contributed by atoms with Crippen LogP contribution in [0.3, 0.4) is 0 Å². The van der Waals surface area contributed by atoms with E-state index in [2.05, 4.69) is 24.5 Å². The molecule has 4 nitrogen and oxygen atoms in total. The summed E-state index contributed by atoms with van der Waals surface area (Å²) in [6.07, 6.45) is 3.34. The number of rotatable bonds is 9. The van der Waals surface area contributed by atoms with Gasteiger partial charge in [-0.1, -0.05) is 13.8 Å². The van der Waals surface area contributed by atoms with Crippen molar-refractivity contribution < 1.29 is 9.90 Å². The molecule has 0 spiro atoms. The van der Waals surface area contributed by atoms with Crippen LogP contribution < -0.4 is 10.6 Å². The number of carbonyl (C=O) groups is 1. The summed E-state index contributed by atoms with van der Waals surface area (Å²) >= 11 is 0. The Bertz CT molecular complexity index is 204. The Kier molecular flexibility index (Phi) is 9.09. The van der Waals surface area contributed by atoms with Crippen LogP contribution in [-0.2, 0) is 4.79 Å². The first-order valence-corrected chi connectivity index (χ1v) is 6.73. The molecule has 3 N–H and O–H groups in total. The standard InChI is InChI=1S/C13H28N2O2/c1-5-12(6-2)15-13(17)11(4)14-9-7-8-10(3)16/h10-12,14,16H,5-9H2,1-4H3,(H,15,17). The van der Waals surface area contributed by atoms with E-state index in [-0.39, 0.29) is 24.1 Å². The molecule has 0 aliphatic carbocycles. The second-order valence-electron chi connectivity index (χ2n) is 4.69. The second-order valence-corrected chi connectivity index (χ2v) is 4.69. The molecule has 0 aliphatic heterocycles. The summed E-state index contributed by atoms with van der Waals surface area (Å²) in [7, 11) is 0. The van der Waals surface area contributed by atoms with Crippen LogP contribution in [0.1, 0.15) is 53.4 Å². The number of hydrogen-bond donors (Lipinski definition) is 3. The quantitative estimate of drug-likeness (QED) is 0.538. The molecule has 0 fully saturated rings. The fourth-order valence-electron chi connectivity index (χ4n) is 1.63. The number of nitrogens with one attached hydrogen (secondary N) is 2. The molecule has 0 heterocycles.